The maximum Gasteiger partial charge on any atom is 0.219 e. The number of hydrogen-bond acceptors (Lipinski definition) is 6. The second-order valence-corrected chi connectivity index (χ2v) is 5.85. The van der Waals surface area contributed by atoms with Crippen molar-refractivity contribution in [2.24, 2.45) is 0 Å². The van der Waals surface area contributed by atoms with Crippen LogP contribution in [0.5, 0.6) is 11.6 Å². The number of pyridine rings is 1. The summed E-state index contributed by atoms with van der Waals surface area (Å²) < 4.78 is 5.69. The first-order valence-corrected chi connectivity index (χ1v) is 8.33. The van der Waals surface area contributed by atoms with Crippen LogP contribution in [0, 0.1) is 6.92 Å². The van der Waals surface area contributed by atoms with Crippen LogP contribution < -0.4 is 4.74 Å². The van der Waals surface area contributed by atoms with Gasteiger partial charge in [-0.15, -0.1) is 0 Å². The number of hydrogen-bond donors (Lipinski definition) is 1. The number of ether oxygens (including phenoxy) is 1. The van der Waals surface area contributed by atoms with E-state index >= 15 is 0 Å². The average Bonchev–Trinajstić information content (AvgIpc) is 2.69. The van der Waals surface area contributed by atoms with Gasteiger partial charge in [0.15, 0.2) is 5.82 Å². The summed E-state index contributed by atoms with van der Waals surface area (Å²) in [5.74, 6) is 1.17. The molecule has 132 valence electrons. The minimum Gasteiger partial charge on any atom is -0.439 e. The van der Waals surface area contributed by atoms with Gasteiger partial charge in [0.2, 0.25) is 11.7 Å². The highest BCUT2D eigenvalue weighted by atomic mass is 16.5. The highest BCUT2D eigenvalue weighted by Crippen LogP contribution is 2.23. The second-order valence-electron chi connectivity index (χ2n) is 5.85. The standard InChI is InChI=1S/C20H19N3O3/c1-3-17(24)19(25)16-10-11-21-20(23-16)14-5-7-15(8-6-14)26-18-9-4-13(2)12-22-18/h4-12,17,24H,3H2,1-2H3/t17-/m0/s1. The van der Waals surface area contributed by atoms with E-state index in [-0.39, 0.29) is 5.69 Å². The van der Waals surface area contributed by atoms with Crippen LogP contribution in [0.3, 0.4) is 0 Å². The molecular weight excluding hydrogens is 330 g/mol. The van der Waals surface area contributed by atoms with Gasteiger partial charge in [-0.25, -0.2) is 15.0 Å². The lowest BCUT2D eigenvalue weighted by Gasteiger charge is -2.08. The first-order chi connectivity index (χ1) is 12.6. The van der Waals surface area contributed by atoms with Crippen LogP contribution in [0.1, 0.15) is 29.4 Å². The summed E-state index contributed by atoms with van der Waals surface area (Å²) in [7, 11) is 0. The lowest BCUT2D eigenvalue weighted by Crippen LogP contribution is -2.20. The van der Waals surface area contributed by atoms with E-state index in [1.807, 2.05) is 25.1 Å². The molecule has 0 aliphatic rings. The SMILES string of the molecule is CC[C@H](O)C(=O)c1ccnc(-c2ccc(Oc3ccc(C)cn3)cc2)n1. The molecule has 0 saturated heterocycles. The predicted octanol–water partition coefficient (Wildman–Crippen LogP) is 3.59. The predicted molar refractivity (Wildman–Crippen MR) is 97.1 cm³/mol. The Bertz CT molecular complexity index is 893. The van der Waals surface area contributed by atoms with Gasteiger partial charge in [0.05, 0.1) is 0 Å². The largest absolute Gasteiger partial charge is 0.439 e. The number of aliphatic hydroxyl groups excluding tert-OH is 1. The summed E-state index contributed by atoms with van der Waals surface area (Å²) in [6.45, 7) is 3.70. The molecule has 26 heavy (non-hydrogen) atoms. The molecule has 0 unspecified atom stereocenters. The number of nitrogens with zero attached hydrogens (tertiary/aromatic N) is 3. The number of carbonyl (C=O) groups excluding carboxylic acids is 1. The van der Waals surface area contributed by atoms with Crippen molar-refractivity contribution in [3.63, 3.8) is 0 Å². The van der Waals surface area contributed by atoms with Gasteiger partial charge in [0, 0.05) is 24.0 Å². The number of benzene rings is 1. The fraction of sp³-hybridized carbons (Fsp3) is 0.200. The van der Waals surface area contributed by atoms with E-state index in [9.17, 15) is 9.90 Å². The van der Waals surface area contributed by atoms with E-state index in [1.165, 1.54) is 12.3 Å². The van der Waals surface area contributed by atoms with Crippen molar-refractivity contribution in [1.29, 1.82) is 0 Å². The monoisotopic (exact) mass is 349 g/mol. The Balaban J connectivity index is 1.78. The summed E-state index contributed by atoms with van der Waals surface area (Å²) in [4.78, 5) is 24.7. The molecule has 0 amide bonds. The Hall–Kier alpha value is -3.12. The number of ketones is 1. The summed E-state index contributed by atoms with van der Waals surface area (Å²) in [5.41, 5.74) is 2.01. The molecule has 0 aliphatic carbocycles. The highest BCUT2D eigenvalue weighted by molar-refractivity contribution is 5.97. The number of aliphatic hydroxyl groups is 1. The van der Waals surface area contributed by atoms with Crippen molar-refractivity contribution in [2.75, 3.05) is 0 Å². The van der Waals surface area contributed by atoms with Crippen LogP contribution in [0.4, 0.5) is 0 Å². The van der Waals surface area contributed by atoms with Crippen LogP contribution in [-0.4, -0.2) is 31.9 Å². The molecule has 3 aromatic rings. The molecule has 0 bridgehead atoms. The van der Waals surface area contributed by atoms with E-state index in [0.29, 0.717) is 23.9 Å². The van der Waals surface area contributed by atoms with Gasteiger partial charge in [0.1, 0.15) is 17.5 Å². The molecule has 0 radical (unpaired) electrons. The van der Waals surface area contributed by atoms with Gasteiger partial charge in [-0.2, -0.15) is 0 Å². The van der Waals surface area contributed by atoms with Gasteiger partial charge in [0.25, 0.3) is 0 Å². The minimum atomic E-state index is -1.05. The molecule has 0 spiro atoms. The van der Waals surface area contributed by atoms with Crippen LogP contribution in [0.25, 0.3) is 11.4 Å². The number of aryl methyl sites for hydroxylation is 1. The van der Waals surface area contributed by atoms with E-state index in [1.54, 1.807) is 31.3 Å². The molecule has 3 rings (SSSR count). The third-order valence-corrected chi connectivity index (χ3v) is 3.82. The van der Waals surface area contributed by atoms with Gasteiger partial charge in [-0.1, -0.05) is 13.0 Å². The Kier molecular flexibility index (Phi) is 5.34. The normalized spacial score (nSPS) is 11.8. The Morgan fingerprint density at radius 3 is 2.54 bits per heavy atom. The molecule has 6 nitrogen and oxygen atoms in total. The number of carbonyl (C=O) groups is 1. The number of aromatic nitrogens is 3. The molecule has 0 saturated carbocycles. The molecule has 6 heteroatoms. The van der Waals surface area contributed by atoms with Crippen molar-refractivity contribution in [1.82, 2.24) is 15.0 Å². The number of Topliss-reactive ketones (excluding diaryl/α,β-unsaturated/α-hetero) is 1. The first-order valence-electron chi connectivity index (χ1n) is 8.33. The van der Waals surface area contributed by atoms with Crippen molar-refractivity contribution < 1.29 is 14.6 Å². The summed E-state index contributed by atoms with van der Waals surface area (Å²) in [5, 5.41) is 9.70. The molecule has 1 atom stereocenters. The summed E-state index contributed by atoms with van der Waals surface area (Å²) in [6.07, 6.45) is 2.55. The molecule has 1 N–H and O–H groups in total. The second kappa shape index (κ2) is 7.84. The molecule has 2 heterocycles. The third-order valence-electron chi connectivity index (χ3n) is 3.82. The van der Waals surface area contributed by atoms with E-state index in [2.05, 4.69) is 15.0 Å². The summed E-state index contributed by atoms with van der Waals surface area (Å²) in [6, 6.07) is 12.4. The van der Waals surface area contributed by atoms with Gasteiger partial charge >= 0.3 is 0 Å². The van der Waals surface area contributed by atoms with Crippen LogP contribution in [0.15, 0.2) is 54.9 Å². The fourth-order valence-corrected chi connectivity index (χ4v) is 2.30. The van der Waals surface area contributed by atoms with Crippen LogP contribution in [-0.2, 0) is 0 Å². The van der Waals surface area contributed by atoms with Gasteiger partial charge in [-0.3, -0.25) is 4.79 Å². The molecular formula is C20H19N3O3. The lowest BCUT2D eigenvalue weighted by molar-refractivity contribution is 0.0735. The minimum absolute atomic E-state index is 0.202. The van der Waals surface area contributed by atoms with Gasteiger partial charge in [-0.05, 0) is 49.2 Å². The van der Waals surface area contributed by atoms with E-state index in [0.717, 1.165) is 11.1 Å². The zero-order valence-corrected chi connectivity index (χ0v) is 14.6. The van der Waals surface area contributed by atoms with Gasteiger partial charge < -0.3 is 9.84 Å². The Labute approximate surface area is 151 Å². The quantitative estimate of drug-likeness (QED) is 0.685. The molecule has 0 fully saturated rings. The van der Waals surface area contributed by atoms with E-state index in [4.69, 9.17) is 4.74 Å². The van der Waals surface area contributed by atoms with Crippen molar-refractivity contribution >= 4 is 5.78 Å². The highest BCUT2D eigenvalue weighted by Gasteiger charge is 2.17. The first kappa shape index (κ1) is 17.7. The lowest BCUT2D eigenvalue weighted by atomic mass is 10.1. The van der Waals surface area contributed by atoms with E-state index < -0.39 is 11.9 Å². The molecule has 0 aliphatic heterocycles. The van der Waals surface area contributed by atoms with Crippen LogP contribution >= 0.6 is 0 Å². The topological polar surface area (TPSA) is 85.2 Å². The molecule has 1 aromatic carbocycles. The van der Waals surface area contributed by atoms with Crippen molar-refractivity contribution in [3.8, 4) is 23.0 Å². The number of rotatable bonds is 6. The maximum atomic E-state index is 12.1. The maximum absolute atomic E-state index is 12.1. The average molecular weight is 349 g/mol. The zero-order chi connectivity index (χ0) is 18.5. The van der Waals surface area contributed by atoms with Crippen molar-refractivity contribution in [2.45, 2.75) is 26.4 Å². The smallest absolute Gasteiger partial charge is 0.219 e. The third kappa shape index (κ3) is 4.10. The Morgan fingerprint density at radius 2 is 1.88 bits per heavy atom. The summed E-state index contributed by atoms with van der Waals surface area (Å²) >= 11 is 0. The van der Waals surface area contributed by atoms with Crippen molar-refractivity contribution in [3.05, 3.63) is 66.1 Å². The Morgan fingerprint density at radius 1 is 1.12 bits per heavy atom. The van der Waals surface area contributed by atoms with Crippen LogP contribution in [0.2, 0.25) is 0 Å². The molecule has 2 aromatic heterocycles. The zero-order valence-electron chi connectivity index (χ0n) is 14.6. The fourth-order valence-electron chi connectivity index (χ4n) is 2.30.